The van der Waals surface area contributed by atoms with Gasteiger partial charge in [-0.05, 0) is 43.2 Å². The molecule has 2 atom stereocenters. The fourth-order valence-corrected chi connectivity index (χ4v) is 3.59. The first-order chi connectivity index (χ1) is 13.4. The van der Waals surface area contributed by atoms with Gasteiger partial charge in [-0.3, -0.25) is 14.5 Å². The molecule has 0 spiro atoms. The van der Waals surface area contributed by atoms with Gasteiger partial charge in [-0.25, -0.2) is 0 Å². The highest BCUT2D eigenvalue weighted by atomic mass is 16.5. The fourth-order valence-electron chi connectivity index (χ4n) is 3.59. The highest BCUT2D eigenvalue weighted by Gasteiger charge is 2.22. The van der Waals surface area contributed by atoms with Crippen LogP contribution in [0.1, 0.15) is 35.3 Å². The number of morpholine rings is 1. The molecule has 3 rings (SSSR count). The number of benzene rings is 2. The number of nitrogens with one attached hydrogen (secondary N) is 1. The normalized spacial score (nSPS) is 19.9. The molecule has 1 amide bonds. The van der Waals surface area contributed by atoms with Crippen LogP contribution in [0.2, 0.25) is 0 Å². The smallest absolute Gasteiger partial charge is 0.307 e. The molecule has 28 heavy (non-hydrogen) atoms. The first-order valence-corrected chi connectivity index (χ1v) is 9.48. The SMILES string of the molecule is CC1CN(Cc2ccc(C(=O)Nc3ccccc3CC(=O)O)cc2)CC(C)O1. The molecule has 1 aliphatic heterocycles. The van der Waals surface area contributed by atoms with Gasteiger partial charge in [0.1, 0.15) is 0 Å². The van der Waals surface area contributed by atoms with Gasteiger partial charge in [-0.2, -0.15) is 0 Å². The first-order valence-electron chi connectivity index (χ1n) is 9.48. The van der Waals surface area contributed by atoms with E-state index >= 15 is 0 Å². The summed E-state index contributed by atoms with van der Waals surface area (Å²) in [6.07, 6.45) is 0.311. The largest absolute Gasteiger partial charge is 0.481 e. The van der Waals surface area contributed by atoms with Crippen LogP contribution in [-0.4, -0.2) is 47.2 Å². The van der Waals surface area contributed by atoms with Gasteiger partial charge in [0.25, 0.3) is 5.91 Å². The number of amides is 1. The molecular weight excluding hydrogens is 356 g/mol. The minimum atomic E-state index is -0.933. The van der Waals surface area contributed by atoms with E-state index in [2.05, 4.69) is 24.1 Å². The molecule has 1 fully saturated rings. The van der Waals surface area contributed by atoms with E-state index in [0.29, 0.717) is 16.8 Å². The second-order valence-electron chi connectivity index (χ2n) is 7.33. The van der Waals surface area contributed by atoms with E-state index in [1.807, 2.05) is 12.1 Å². The standard InChI is InChI=1S/C22H26N2O4/c1-15-12-24(13-16(2)28-15)14-17-7-9-18(10-8-17)22(27)23-20-6-4-3-5-19(20)11-21(25)26/h3-10,15-16H,11-14H2,1-2H3,(H,23,27)(H,25,26). The van der Waals surface area contributed by atoms with Crippen LogP contribution in [0.5, 0.6) is 0 Å². The Labute approximate surface area is 165 Å². The molecule has 2 aromatic carbocycles. The average molecular weight is 382 g/mol. The third kappa shape index (κ3) is 5.41. The zero-order valence-corrected chi connectivity index (χ0v) is 16.2. The van der Waals surface area contributed by atoms with Crippen LogP contribution in [0, 0.1) is 0 Å². The summed E-state index contributed by atoms with van der Waals surface area (Å²) in [5, 5.41) is 11.8. The molecule has 2 unspecified atom stereocenters. The molecule has 0 bridgehead atoms. The Morgan fingerprint density at radius 1 is 1.07 bits per heavy atom. The number of carboxylic acid groups (broad SMARTS) is 1. The Morgan fingerprint density at radius 2 is 1.71 bits per heavy atom. The lowest BCUT2D eigenvalue weighted by atomic mass is 10.1. The molecular formula is C22H26N2O4. The van der Waals surface area contributed by atoms with E-state index in [4.69, 9.17) is 9.84 Å². The van der Waals surface area contributed by atoms with Crippen molar-refractivity contribution in [2.24, 2.45) is 0 Å². The molecule has 1 heterocycles. The van der Waals surface area contributed by atoms with Crippen molar-refractivity contribution >= 4 is 17.6 Å². The lowest BCUT2D eigenvalue weighted by Crippen LogP contribution is -2.44. The van der Waals surface area contributed by atoms with Crippen molar-refractivity contribution in [3.8, 4) is 0 Å². The summed E-state index contributed by atoms with van der Waals surface area (Å²) in [5.41, 5.74) is 2.78. The van der Waals surface area contributed by atoms with Gasteiger partial charge in [0.2, 0.25) is 0 Å². The van der Waals surface area contributed by atoms with Gasteiger partial charge in [0.15, 0.2) is 0 Å². The number of anilines is 1. The summed E-state index contributed by atoms with van der Waals surface area (Å²) in [4.78, 5) is 25.9. The second kappa shape index (κ2) is 8.99. The van der Waals surface area contributed by atoms with Crippen LogP contribution < -0.4 is 5.32 Å². The van der Waals surface area contributed by atoms with Crippen molar-refractivity contribution < 1.29 is 19.4 Å². The van der Waals surface area contributed by atoms with Gasteiger partial charge >= 0.3 is 5.97 Å². The highest BCUT2D eigenvalue weighted by Crippen LogP contribution is 2.18. The van der Waals surface area contributed by atoms with Crippen molar-refractivity contribution in [3.05, 3.63) is 65.2 Å². The Kier molecular flexibility index (Phi) is 6.44. The van der Waals surface area contributed by atoms with E-state index in [9.17, 15) is 9.59 Å². The molecule has 6 heteroatoms. The molecule has 1 aliphatic rings. The van der Waals surface area contributed by atoms with Crippen LogP contribution in [0.15, 0.2) is 48.5 Å². The molecule has 0 aliphatic carbocycles. The Bertz CT molecular complexity index is 825. The maximum absolute atomic E-state index is 12.6. The number of hydrogen-bond acceptors (Lipinski definition) is 4. The number of carbonyl (C=O) groups excluding carboxylic acids is 1. The van der Waals surface area contributed by atoms with Crippen molar-refractivity contribution in [2.45, 2.75) is 39.0 Å². The van der Waals surface area contributed by atoms with Crippen molar-refractivity contribution in [1.82, 2.24) is 4.90 Å². The zero-order valence-electron chi connectivity index (χ0n) is 16.2. The predicted octanol–water partition coefficient (Wildman–Crippen LogP) is 3.18. The van der Waals surface area contributed by atoms with E-state index in [-0.39, 0.29) is 24.5 Å². The summed E-state index contributed by atoms with van der Waals surface area (Å²) < 4.78 is 5.76. The number of hydrogen-bond donors (Lipinski definition) is 2. The fraction of sp³-hybridized carbons (Fsp3) is 0.364. The van der Waals surface area contributed by atoms with Gasteiger partial charge in [-0.15, -0.1) is 0 Å². The third-order valence-corrected chi connectivity index (χ3v) is 4.72. The molecule has 2 N–H and O–H groups in total. The molecule has 0 radical (unpaired) electrons. The van der Waals surface area contributed by atoms with E-state index in [0.717, 1.165) is 25.2 Å². The maximum atomic E-state index is 12.6. The number of rotatable bonds is 6. The van der Waals surface area contributed by atoms with Crippen molar-refractivity contribution in [3.63, 3.8) is 0 Å². The van der Waals surface area contributed by atoms with Crippen LogP contribution in [0.4, 0.5) is 5.69 Å². The van der Waals surface area contributed by atoms with E-state index in [1.54, 1.807) is 36.4 Å². The summed E-state index contributed by atoms with van der Waals surface area (Å²) in [6, 6.07) is 14.5. The Morgan fingerprint density at radius 3 is 2.36 bits per heavy atom. The molecule has 0 saturated carbocycles. The Hall–Kier alpha value is -2.70. The van der Waals surface area contributed by atoms with Crippen LogP contribution in [-0.2, 0) is 22.5 Å². The van der Waals surface area contributed by atoms with Gasteiger partial charge < -0.3 is 15.2 Å². The topological polar surface area (TPSA) is 78.9 Å². The number of carboxylic acids is 1. The quantitative estimate of drug-likeness (QED) is 0.802. The molecule has 0 aromatic heterocycles. The summed E-state index contributed by atoms with van der Waals surface area (Å²) in [7, 11) is 0. The summed E-state index contributed by atoms with van der Waals surface area (Å²) >= 11 is 0. The monoisotopic (exact) mass is 382 g/mol. The van der Waals surface area contributed by atoms with Crippen LogP contribution >= 0.6 is 0 Å². The predicted molar refractivity (Wildman–Crippen MR) is 107 cm³/mol. The minimum Gasteiger partial charge on any atom is -0.481 e. The minimum absolute atomic E-state index is 0.133. The summed E-state index contributed by atoms with van der Waals surface area (Å²) in [6.45, 7) is 6.78. The van der Waals surface area contributed by atoms with Gasteiger partial charge in [-0.1, -0.05) is 30.3 Å². The number of nitrogens with zero attached hydrogens (tertiary/aromatic N) is 1. The second-order valence-corrected chi connectivity index (χ2v) is 7.33. The van der Waals surface area contributed by atoms with E-state index < -0.39 is 5.97 Å². The molecule has 6 nitrogen and oxygen atoms in total. The van der Waals surface area contributed by atoms with E-state index in [1.165, 1.54) is 0 Å². The summed E-state index contributed by atoms with van der Waals surface area (Å²) in [5.74, 6) is -1.18. The zero-order chi connectivity index (χ0) is 20.1. The number of ether oxygens (including phenoxy) is 1. The lowest BCUT2D eigenvalue weighted by Gasteiger charge is -2.35. The lowest BCUT2D eigenvalue weighted by molar-refractivity contribution is -0.136. The van der Waals surface area contributed by atoms with Crippen molar-refractivity contribution in [1.29, 1.82) is 0 Å². The third-order valence-electron chi connectivity index (χ3n) is 4.72. The van der Waals surface area contributed by atoms with Gasteiger partial charge in [0, 0.05) is 30.9 Å². The molecule has 1 saturated heterocycles. The van der Waals surface area contributed by atoms with Crippen molar-refractivity contribution in [2.75, 3.05) is 18.4 Å². The maximum Gasteiger partial charge on any atom is 0.307 e. The highest BCUT2D eigenvalue weighted by molar-refractivity contribution is 6.04. The number of para-hydroxylation sites is 1. The average Bonchev–Trinajstić information content (AvgIpc) is 2.62. The van der Waals surface area contributed by atoms with Gasteiger partial charge in [0.05, 0.1) is 18.6 Å². The van der Waals surface area contributed by atoms with Crippen LogP contribution in [0.25, 0.3) is 0 Å². The van der Waals surface area contributed by atoms with Crippen LogP contribution in [0.3, 0.4) is 0 Å². The Balaban J connectivity index is 1.63. The number of carbonyl (C=O) groups is 2. The molecule has 148 valence electrons. The number of aliphatic carboxylic acids is 1. The first kappa shape index (κ1) is 20.0. The molecule has 2 aromatic rings.